The third kappa shape index (κ3) is 15.7. The fourth-order valence-corrected chi connectivity index (χ4v) is 1.88. The molecule has 124 valence electrons. The van der Waals surface area contributed by atoms with Gasteiger partial charge >= 0.3 is 17.4 Å². The minimum atomic E-state index is -0.893. The number of unbranched alkanes of at least 4 members (excludes halogenated alkanes) is 2. The summed E-state index contributed by atoms with van der Waals surface area (Å²) in [5.74, 6) is -2.23. The zero-order valence-electron chi connectivity index (χ0n) is 13.9. The Bertz CT molecular complexity index is 231. The molecule has 5 heteroatoms. The number of rotatable bonds is 10. The van der Waals surface area contributed by atoms with E-state index < -0.39 is 11.9 Å². The first kappa shape index (κ1) is 25.4. The van der Waals surface area contributed by atoms with Crippen molar-refractivity contribution in [2.24, 2.45) is 11.8 Å². The van der Waals surface area contributed by atoms with Crippen LogP contribution in [0.25, 0.3) is 0 Å². The summed E-state index contributed by atoms with van der Waals surface area (Å²) in [5, 5.41) is 20.7. The number of carbonyl (C=O) groups is 2. The first-order valence-corrected chi connectivity index (χ1v) is 7.86. The van der Waals surface area contributed by atoms with Crippen LogP contribution in [0.2, 0.25) is 0 Å². The molecule has 0 heterocycles. The zero-order valence-corrected chi connectivity index (χ0v) is 15.1. The molecule has 0 aromatic rings. The zero-order chi connectivity index (χ0) is 16.0. The molecular formula is C16H30CrO4. The Morgan fingerprint density at radius 2 is 1.05 bits per heavy atom. The van der Waals surface area contributed by atoms with Gasteiger partial charge in [0.2, 0.25) is 0 Å². The number of hydrogen-bond acceptors (Lipinski definition) is 4. The summed E-state index contributed by atoms with van der Waals surface area (Å²) >= 11 is 0. The number of carbonyl (C=O) groups excluding carboxylic acids is 2. The van der Waals surface area contributed by atoms with Crippen LogP contribution in [-0.2, 0) is 27.0 Å². The van der Waals surface area contributed by atoms with Gasteiger partial charge in [0.05, 0.1) is 0 Å². The fraction of sp³-hybridized carbons (Fsp3) is 0.875. The molecule has 0 rings (SSSR count). The smallest absolute Gasteiger partial charge is 0.550 e. The van der Waals surface area contributed by atoms with Crippen LogP contribution in [0.5, 0.6) is 0 Å². The van der Waals surface area contributed by atoms with Crippen molar-refractivity contribution in [1.29, 1.82) is 0 Å². The summed E-state index contributed by atoms with van der Waals surface area (Å²) in [6, 6.07) is 0. The molecule has 4 nitrogen and oxygen atoms in total. The molecule has 0 aromatic carbocycles. The van der Waals surface area contributed by atoms with Gasteiger partial charge < -0.3 is 19.8 Å². The molecule has 21 heavy (non-hydrogen) atoms. The van der Waals surface area contributed by atoms with E-state index in [2.05, 4.69) is 13.8 Å². The van der Waals surface area contributed by atoms with Gasteiger partial charge in [-0.05, 0) is 37.5 Å². The Morgan fingerprint density at radius 1 is 0.762 bits per heavy atom. The van der Waals surface area contributed by atoms with Crippen molar-refractivity contribution >= 4 is 11.9 Å². The van der Waals surface area contributed by atoms with E-state index in [0.717, 1.165) is 38.5 Å². The Labute approximate surface area is 140 Å². The van der Waals surface area contributed by atoms with Crippen molar-refractivity contribution in [1.82, 2.24) is 0 Å². The Kier molecular flexibility index (Phi) is 21.2. The number of carboxylic acids is 2. The molecule has 2 atom stereocenters. The summed E-state index contributed by atoms with van der Waals surface area (Å²) in [7, 11) is 0. The van der Waals surface area contributed by atoms with Gasteiger partial charge in [0.25, 0.3) is 0 Å². The maximum atomic E-state index is 10.3. The van der Waals surface area contributed by atoms with E-state index >= 15 is 0 Å². The first-order valence-electron chi connectivity index (χ1n) is 7.86. The molecule has 0 saturated heterocycles. The second kappa shape index (κ2) is 17.5. The minimum Gasteiger partial charge on any atom is -0.550 e. The molecule has 0 saturated carbocycles. The Balaban J connectivity index is -0.000000295. The van der Waals surface area contributed by atoms with Crippen LogP contribution in [0.15, 0.2) is 0 Å². The maximum Gasteiger partial charge on any atom is 2.00 e. The van der Waals surface area contributed by atoms with Gasteiger partial charge in [0, 0.05) is 11.9 Å². The molecule has 0 aliphatic rings. The Morgan fingerprint density at radius 3 is 1.19 bits per heavy atom. The van der Waals surface area contributed by atoms with Crippen molar-refractivity contribution in [2.45, 2.75) is 79.1 Å². The molecule has 0 radical (unpaired) electrons. The average molecular weight is 338 g/mol. The predicted molar refractivity (Wildman–Crippen MR) is 76.6 cm³/mol. The topological polar surface area (TPSA) is 80.3 Å². The minimum absolute atomic E-state index is 0. The molecule has 0 fully saturated rings. The summed E-state index contributed by atoms with van der Waals surface area (Å²) < 4.78 is 0. The van der Waals surface area contributed by atoms with Gasteiger partial charge in [-0.25, -0.2) is 0 Å². The summed E-state index contributed by atoms with van der Waals surface area (Å²) in [6.07, 6.45) is 7.04. The van der Waals surface area contributed by atoms with Gasteiger partial charge in [-0.15, -0.1) is 0 Å². The molecule has 0 amide bonds. The van der Waals surface area contributed by atoms with E-state index in [9.17, 15) is 19.8 Å². The first-order chi connectivity index (χ1) is 9.44. The van der Waals surface area contributed by atoms with Gasteiger partial charge in [0.15, 0.2) is 0 Å². The van der Waals surface area contributed by atoms with Crippen LogP contribution < -0.4 is 10.2 Å². The van der Waals surface area contributed by atoms with Crippen LogP contribution in [-0.4, -0.2) is 11.9 Å². The third-order valence-corrected chi connectivity index (χ3v) is 3.46. The van der Waals surface area contributed by atoms with Crippen LogP contribution in [0.4, 0.5) is 0 Å². The van der Waals surface area contributed by atoms with Gasteiger partial charge in [-0.3, -0.25) is 0 Å². The van der Waals surface area contributed by atoms with Crippen molar-refractivity contribution in [3.05, 3.63) is 0 Å². The van der Waals surface area contributed by atoms with Crippen molar-refractivity contribution in [3.63, 3.8) is 0 Å². The molecule has 0 aliphatic carbocycles. The van der Waals surface area contributed by atoms with E-state index in [1.807, 2.05) is 13.8 Å². The largest absolute Gasteiger partial charge is 2.00 e. The van der Waals surface area contributed by atoms with E-state index in [4.69, 9.17) is 0 Å². The summed E-state index contributed by atoms with van der Waals surface area (Å²) in [5.41, 5.74) is 0. The molecule has 0 aliphatic heterocycles. The standard InChI is InChI=1S/2C8H16O2.Cr/c2*1-3-5-6-7(4-2)8(9)10;/h2*7H,3-6H2,1-2H3,(H,9,10);/q;;+2/p-2. The van der Waals surface area contributed by atoms with Crippen LogP contribution in [0.1, 0.15) is 79.1 Å². The summed E-state index contributed by atoms with van der Waals surface area (Å²) in [6.45, 7) is 7.89. The quantitative estimate of drug-likeness (QED) is 0.609. The fourth-order valence-electron chi connectivity index (χ4n) is 1.88. The van der Waals surface area contributed by atoms with Crippen molar-refractivity contribution in [2.75, 3.05) is 0 Å². The molecule has 2 unspecified atom stereocenters. The second-order valence-electron chi connectivity index (χ2n) is 5.13. The predicted octanol–water partition coefficient (Wildman–Crippen LogP) is 1.90. The van der Waals surface area contributed by atoms with E-state index in [0.29, 0.717) is 12.8 Å². The maximum absolute atomic E-state index is 10.3. The Hall–Kier alpha value is -0.528. The normalized spacial score (nSPS) is 12.4. The third-order valence-electron chi connectivity index (χ3n) is 3.46. The molecular weight excluding hydrogens is 308 g/mol. The second-order valence-corrected chi connectivity index (χ2v) is 5.13. The van der Waals surface area contributed by atoms with Gasteiger partial charge in [-0.1, -0.05) is 53.4 Å². The van der Waals surface area contributed by atoms with Gasteiger partial charge in [0.1, 0.15) is 0 Å². The monoisotopic (exact) mass is 338 g/mol. The van der Waals surface area contributed by atoms with Gasteiger partial charge in [-0.2, -0.15) is 0 Å². The molecule has 0 spiro atoms. The SMILES string of the molecule is CCCCC(CC)C(=O)[O-].CCCCC(CC)C(=O)[O-].[Cr+2]. The molecule has 0 bridgehead atoms. The van der Waals surface area contributed by atoms with Crippen molar-refractivity contribution in [3.8, 4) is 0 Å². The van der Waals surface area contributed by atoms with Crippen LogP contribution >= 0.6 is 0 Å². The van der Waals surface area contributed by atoms with Crippen molar-refractivity contribution < 1.29 is 37.2 Å². The van der Waals surface area contributed by atoms with E-state index in [-0.39, 0.29) is 29.2 Å². The number of carboxylic acid groups (broad SMARTS) is 2. The van der Waals surface area contributed by atoms with Crippen LogP contribution in [0, 0.1) is 11.8 Å². The average Bonchev–Trinajstić information content (AvgIpc) is 2.40. The van der Waals surface area contributed by atoms with Crippen LogP contribution in [0.3, 0.4) is 0 Å². The molecule has 0 N–H and O–H groups in total. The number of hydrogen-bond donors (Lipinski definition) is 0. The van der Waals surface area contributed by atoms with E-state index in [1.54, 1.807) is 0 Å². The summed E-state index contributed by atoms with van der Waals surface area (Å²) in [4.78, 5) is 20.7. The van der Waals surface area contributed by atoms with E-state index in [1.165, 1.54) is 0 Å². The number of aliphatic carboxylic acids is 2. The molecule has 0 aromatic heterocycles.